The fraction of sp³-hybridized carbons (Fsp3) is 0.488. The average molecular weight is 851 g/mol. The van der Waals surface area contributed by atoms with E-state index in [9.17, 15) is 19.2 Å². The number of carbonyl (C=O) groups excluding carboxylic acids is 4. The van der Waals surface area contributed by atoms with E-state index in [4.69, 9.17) is 28.8 Å². The third kappa shape index (κ3) is 21.3. The van der Waals surface area contributed by atoms with Crippen LogP contribution in [0.2, 0.25) is 0 Å². The number of rotatable bonds is 20. The van der Waals surface area contributed by atoms with Crippen molar-refractivity contribution in [2.45, 2.75) is 96.0 Å². The van der Waals surface area contributed by atoms with Crippen LogP contribution < -0.4 is 43.2 Å². The Kier molecular flexibility index (Phi) is 22.0. The molecule has 3 aromatic carbocycles. The molecule has 0 spiro atoms. The van der Waals surface area contributed by atoms with Crippen LogP contribution in [0.5, 0.6) is 0 Å². The minimum Gasteiger partial charge on any atom is -0.445 e. The first kappa shape index (κ1) is 48.5. The molecule has 2 aliphatic rings. The summed E-state index contributed by atoms with van der Waals surface area (Å²) in [6, 6.07) is 28.9. The first-order valence-electron chi connectivity index (χ1n) is 20.6. The second-order valence-corrected chi connectivity index (χ2v) is 15.3. The van der Waals surface area contributed by atoms with Gasteiger partial charge in [0.25, 0.3) is 11.8 Å². The minimum atomic E-state index is -0.550. The van der Waals surface area contributed by atoms with Gasteiger partial charge in [0, 0.05) is 38.3 Å². The van der Waals surface area contributed by atoms with Gasteiger partial charge in [-0.3, -0.25) is 28.9 Å². The second-order valence-electron chi connectivity index (χ2n) is 15.3. The molecule has 334 valence electrons. The number of alkyl carbamates (subject to hydrolysis) is 2. The van der Waals surface area contributed by atoms with Gasteiger partial charge in [-0.25, -0.2) is 20.5 Å². The Labute approximate surface area is 357 Å². The molecular weight excluding hydrogens is 789 g/mol. The van der Waals surface area contributed by atoms with Crippen LogP contribution in [0.15, 0.2) is 91.0 Å². The zero-order chi connectivity index (χ0) is 43.5. The molecule has 0 saturated carbocycles. The smallest absolute Gasteiger partial charge is 0.407 e. The largest absolute Gasteiger partial charge is 0.445 e. The quantitative estimate of drug-likeness (QED) is 0.0605. The summed E-state index contributed by atoms with van der Waals surface area (Å²) in [7, 11) is 0. The molecule has 61 heavy (non-hydrogen) atoms. The third-order valence-electron chi connectivity index (χ3n) is 9.03. The zero-order valence-corrected chi connectivity index (χ0v) is 35.2. The van der Waals surface area contributed by atoms with Gasteiger partial charge in [0.2, 0.25) is 0 Å². The van der Waals surface area contributed by atoms with Crippen molar-refractivity contribution in [3.63, 3.8) is 0 Å². The normalized spacial score (nSPS) is 18.7. The van der Waals surface area contributed by atoms with Crippen LogP contribution in [0, 0.1) is 0 Å². The molecule has 18 nitrogen and oxygen atoms in total. The summed E-state index contributed by atoms with van der Waals surface area (Å²) >= 11 is 0. The Balaban J connectivity index is 0.000000270. The van der Waals surface area contributed by atoms with Crippen LogP contribution in [0.25, 0.3) is 0 Å². The number of amides is 4. The third-order valence-corrected chi connectivity index (χ3v) is 9.03. The number of hydroxylamine groups is 4. The van der Waals surface area contributed by atoms with Gasteiger partial charge in [0.1, 0.15) is 12.2 Å². The molecule has 4 amide bonds. The maximum absolute atomic E-state index is 12.2. The zero-order valence-electron chi connectivity index (χ0n) is 35.2. The summed E-state index contributed by atoms with van der Waals surface area (Å²) < 4.78 is 10.2. The first-order valence-corrected chi connectivity index (χ1v) is 20.6. The summed E-state index contributed by atoms with van der Waals surface area (Å²) in [5.41, 5.74) is 13.5. The van der Waals surface area contributed by atoms with E-state index in [2.05, 4.69) is 43.2 Å². The number of benzene rings is 3. The van der Waals surface area contributed by atoms with E-state index < -0.39 is 17.8 Å². The fourth-order valence-corrected chi connectivity index (χ4v) is 5.88. The van der Waals surface area contributed by atoms with Crippen molar-refractivity contribution in [1.82, 2.24) is 43.2 Å². The van der Waals surface area contributed by atoms with Gasteiger partial charge in [-0.05, 0) is 63.1 Å². The highest BCUT2D eigenvalue weighted by Crippen LogP contribution is 2.11. The van der Waals surface area contributed by atoms with E-state index in [1.54, 1.807) is 20.8 Å². The number of hydrogen-bond acceptors (Lipinski definition) is 14. The molecule has 0 aromatic heterocycles. The average Bonchev–Trinajstić information content (AvgIpc) is 3.26. The predicted molar refractivity (Wildman–Crippen MR) is 225 cm³/mol. The summed E-state index contributed by atoms with van der Waals surface area (Å²) in [6.07, 6.45) is 1.87. The fourth-order valence-electron chi connectivity index (χ4n) is 5.88. The van der Waals surface area contributed by atoms with E-state index in [1.165, 1.54) is 0 Å². The molecule has 0 bridgehead atoms. The lowest BCUT2D eigenvalue weighted by atomic mass is 10.0. The van der Waals surface area contributed by atoms with E-state index in [-0.39, 0.29) is 68.9 Å². The molecule has 18 heteroatoms. The van der Waals surface area contributed by atoms with Crippen molar-refractivity contribution in [2.24, 2.45) is 0 Å². The maximum atomic E-state index is 12.2. The highest BCUT2D eigenvalue weighted by atomic mass is 16.7. The first-order chi connectivity index (χ1) is 29.5. The van der Waals surface area contributed by atoms with Crippen molar-refractivity contribution >= 4 is 24.0 Å². The lowest BCUT2D eigenvalue weighted by molar-refractivity contribution is -0.137. The number of hydrogen-bond donors (Lipinski definition) is 8. The molecule has 5 rings (SSSR count). The number of carbonyl (C=O) groups is 4. The Hall–Kier alpha value is -5.18. The van der Waals surface area contributed by atoms with E-state index in [0.29, 0.717) is 39.1 Å². The van der Waals surface area contributed by atoms with Gasteiger partial charge < -0.3 is 30.7 Å². The van der Waals surface area contributed by atoms with Crippen LogP contribution in [-0.4, -0.2) is 93.2 Å². The highest BCUT2D eigenvalue weighted by Gasteiger charge is 2.27. The Bertz CT molecular complexity index is 1690. The van der Waals surface area contributed by atoms with Gasteiger partial charge in [-0.1, -0.05) is 91.0 Å². The SMILES string of the molecule is CC(C)(C)OC(=O)NCCONC(=O)[C@@H]1CC[C@@H](NOCc2ccccc2)CN1.O=C(NCCONC(=O)[C@@H]1CC[C@@H](NOCc2ccccc2)CN1)OCc1ccccc1. The van der Waals surface area contributed by atoms with E-state index in [0.717, 1.165) is 29.5 Å². The molecule has 0 radical (unpaired) electrons. The van der Waals surface area contributed by atoms with Crippen molar-refractivity contribution in [3.8, 4) is 0 Å². The minimum absolute atomic E-state index is 0.134. The molecular formula is C43H62N8O10. The Morgan fingerprint density at radius 1 is 0.557 bits per heavy atom. The van der Waals surface area contributed by atoms with Gasteiger partial charge >= 0.3 is 12.2 Å². The van der Waals surface area contributed by atoms with Gasteiger partial charge in [0.15, 0.2) is 0 Å². The van der Waals surface area contributed by atoms with Gasteiger partial charge in [0.05, 0.1) is 38.5 Å². The molecule has 0 aliphatic carbocycles. The molecule has 4 atom stereocenters. The Morgan fingerprint density at radius 2 is 0.967 bits per heavy atom. The summed E-state index contributed by atoms with van der Waals surface area (Å²) in [5.74, 6) is -0.466. The van der Waals surface area contributed by atoms with Crippen molar-refractivity contribution in [2.75, 3.05) is 39.4 Å². The van der Waals surface area contributed by atoms with Gasteiger partial charge in [-0.15, -0.1) is 0 Å². The number of nitrogens with one attached hydrogen (secondary N) is 8. The molecule has 2 heterocycles. The molecule has 2 saturated heterocycles. The summed E-state index contributed by atoms with van der Waals surface area (Å²) in [5, 5.41) is 11.5. The molecule has 0 unspecified atom stereocenters. The van der Waals surface area contributed by atoms with Crippen LogP contribution in [0.3, 0.4) is 0 Å². The lowest BCUT2D eigenvalue weighted by Gasteiger charge is -2.29. The highest BCUT2D eigenvalue weighted by molar-refractivity contribution is 5.81. The topological polar surface area (TPSA) is 220 Å². The standard InChI is InChI=1S/C23H30N4O5.C20H32N4O5/c28-22(27-31-14-13-24-23(29)30-16-18-7-3-1-4-8-18)21-12-11-20(15-25-21)26-32-17-19-9-5-2-6-10-19;1-20(2,3)29-19(26)21-11-12-27-24-18(25)17-10-9-16(13-22-17)23-28-14-15-7-5-4-6-8-15/h1-10,20-21,25-26H,11-17H2,(H,24,29)(H,27,28);4-8,16-17,22-23H,9-14H2,1-3H3,(H,21,26)(H,24,25)/t20-,21+;16-,17+/m11/s1. The molecule has 8 N–H and O–H groups in total. The number of piperidine rings is 2. The van der Waals surface area contributed by atoms with Crippen LogP contribution >= 0.6 is 0 Å². The Morgan fingerprint density at radius 3 is 1.36 bits per heavy atom. The van der Waals surface area contributed by atoms with Gasteiger partial charge in [-0.2, -0.15) is 11.0 Å². The van der Waals surface area contributed by atoms with E-state index >= 15 is 0 Å². The van der Waals surface area contributed by atoms with Crippen molar-refractivity contribution in [1.29, 1.82) is 0 Å². The lowest BCUT2D eigenvalue weighted by Crippen LogP contribution is -2.53. The van der Waals surface area contributed by atoms with Crippen LogP contribution in [-0.2, 0) is 58.2 Å². The monoisotopic (exact) mass is 850 g/mol. The van der Waals surface area contributed by atoms with Crippen LogP contribution in [0.1, 0.15) is 63.1 Å². The second kappa shape index (κ2) is 27.6. The summed E-state index contributed by atoms with van der Waals surface area (Å²) in [4.78, 5) is 68.8. The maximum Gasteiger partial charge on any atom is 0.407 e. The van der Waals surface area contributed by atoms with Crippen molar-refractivity contribution in [3.05, 3.63) is 108 Å². The molecule has 3 aromatic rings. The van der Waals surface area contributed by atoms with E-state index in [1.807, 2.05) is 91.0 Å². The summed E-state index contributed by atoms with van der Waals surface area (Å²) in [6.45, 7) is 8.51. The van der Waals surface area contributed by atoms with Crippen molar-refractivity contribution < 1.29 is 48.0 Å². The number of ether oxygens (including phenoxy) is 2. The molecule has 2 fully saturated rings. The van der Waals surface area contributed by atoms with Crippen LogP contribution in [0.4, 0.5) is 9.59 Å². The predicted octanol–water partition coefficient (Wildman–Crippen LogP) is 3.20. The molecule has 2 aliphatic heterocycles.